The summed E-state index contributed by atoms with van der Waals surface area (Å²) in [6.07, 6.45) is 2.55. The van der Waals surface area contributed by atoms with Crippen LogP contribution in [0.15, 0.2) is 41.1 Å². The van der Waals surface area contributed by atoms with E-state index >= 15 is 0 Å². The number of rotatable bonds is 6. The maximum absolute atomic E-state index is 12.2. The average Bonchev–Trinajstić information content (AvgIpc) is 3.17. The zero-order chi connectivity index (χ0) is 16.9. The van der Waals surface area contributed by atoms with E-state index in [2.05, 4.69) is 32.6 Å². The minimum atomic E-state index is -0.300. The molecule has 2 aromatic heterocycles. The molecule has 0 saturated carbocycles. The van der Waals surface area contributed by atoms with E-state index in [9.17, 15) is 4.79 Å². The van der Waals surface area contributed by atoms with E-state index in [1.807, 2.05) is 22.8 Å². The fourth-order valence-corrected chi connectivity index (χ4v) is 2.48. The SMILES string of the molecule is Cc1nc(C)c(C(=O)NCc2nncn2CCc2ccccc2)o1. The lowest BCUT2D eigenvalue weighted by Crippen LogP contribution is -2.25. The summed E-state index contributed by atoms with van der Waals surface area (Å²) >= 11 is 0. The minimum Gasteiger partial charge on any atom is -0.436 e. The Morgan fingerprint density at radius 3 is 2.75 bits per heavy atom. The van der Waals surface area contributed by atoms with Gasteiger partial charge in [-0.15, -0.1) is 10.2 Å². The molecule has 1 aromatic carbocycles. The van der Waals surface area contributed by atoms with Gasteiger partial charge in [0.2, 0.25) is 5.76 Å². The van der Waals surface area contributed by atoms with Crippen LogP contribution in [0.1, 0.15) is 33.5 Å². The normalized spacial score (nSPS) is 10.8. The molecule has 24 heavy (non-hydrogen) atoms. The maximum Gasteiger partial charge on any atom is 0.289 e. The van der Waals surface area contributed by atoms with Crippen molar-refractivity contribution in [1.82, 2.24) is 25.1 Å². The lowest BCUT2D eigenvalue weighted by Gasteiger charge is -2.07. The third-order valence-electron chi connectivity index (χ3n) is 3.70. The van der Waals surface area contributed by atoms with Crippen LogP contribution < -0.4 is 5.32 Å². The van der Waals surface area contributed by atoms with Crippen LogP contribution in [0.4, 0.5) is 0 Å². The van der Waals surface area contributed by atoms with E-state index in [-0.39, 0.29) is 18.2 Å². The predicted octanol–water partition coefficient (Wildman–Crippen LogP) is 2.06. The first kappa shape index (κ1) is 15.9. The number of carbonyl (C=O) groups excluding carboxylic acids is 1. The monoisotopic (exact) mass is 325 g/mol. The molecule has 0 fully saturated rings. The topological polar surface area (TPSA) is 85.8 Å². The van der Waals surface area contributed by atoms with Crippen LogP contribution in [0.25, 0.3) is 0 Å². The van der Waals surface area contributed by atoms with Crippen LogP contribution in [0.2, 0.25) is 0 Å². The van der Waals surface area contributed by atoms with Crippen molar-refractivity contribution in [2.45, 2.75) is 33.4 Å². The second-order valence-corrected chi connectivity index (χ2v) is 5.51. The first-order valence-corrected chi connectivity index (χ1v) is 7.76. The van der Waals surface area contributed by atoms with Crippen molar-refractivity contribution in [3.8, 4) is 0 Å². The molecule has 0 aliphatic heterocycles. The van der Waals surface area contributed by atoms with Crippen LogP contribution in [0.5, 0.6) is 0 Å². The first-order chi connectivity index (χ1) is 11.6. The molecule has 0 atom stereocenters. The molecular weight excluding hydrogens is 306 g/mol. The average molecular weight is 325 g/mol. The Labute approximate surface area is 139 Å². The van der Waals surface area contributed by atoms with Crippen molar-refractivity contribution < 1.29 is 9.21 Å². The Bertz CT molecular complexity index is 823. The van der Waals surface area contributed by atoms with Crippen molar-refractivity contribution in [3.05, 3.63) is 65.4 Å². The summed E-state index contributed by atoms with van der Waals surface area (Å²) in [6, 6.07) is 10.2. The number of benzene rings is 1. The number of oxazole rings is 1. The molecule has 0 aliphatic carbocycles. The molecule has 0 radical (unpaired) electrons. The lowest BCUT2D eigenvalue weighted by molar-refractivity contribution is 0.0919. The molecule has 0 unspecified atom stereocenters. The highest BCUT2D eigenvalue weighted by atomic mass is 16.4. The van der Waals surface area contributed by atoms with Gasteiger partial charge in [-0.25, -0.2) is 4.98 Å². The van der Waals surface area contributed by atoms with E-state index in [4.69, 9.17) is 4.42 Å². The third kappa shape index (κ3) is 3.68. The summed E-state index contributed by atoms with van der Waals surface area (Å²) in [4.78, 5) is 16.3. The molecule has 124 valence electrons. The Morgan fingerprint density at radius 1 is 1.25 bits per heavy atom. The standard InChI is InChI=1S/C17H19N5O2/c1-12-16(24-13(2)20-12)17(23)18-10-15-21-19-11-22(15)9-8-14-6-4-3-5-7-14/h3-7,11H,8-10H2,1-2H3,(H,18,23). The second-order valence-electron chi connectivity index (χ2n) is 5.51. The summed E-state index contributed by atoms with van der Waals surface area (Å²) in [5.74, 6) is 1.12. The predicted molar refractivity (Wildman–Crippen MR) is 87.3 cm³/mol. The molecule has 0 saturated heterocycles. The van der Waals surface area contributed by atoms with Gasteiger partial charge in [0, 0.05) is 13.5 Å². The van der Waals surface area contributed by atoms with Gasteiger partial charge in [0.15, 0.2) is 11.7 Å². The van der Waals surface area contributed by atoms with Gasteiger partial charge in [-0.05, 0) is 18.9 Å². The van der Waals surface area contributed by atoms with Gasteiger partial charge >= 0.3 is 0 Å². The zero-order valence-electron chi connectivity index (χ0n) is 13.7. The van der Waals surface area contributed by atoms with Gasteiger partial charge in [-0.1, -0.05) is 30.3 Å². The Morgan fingerprint density at radius 2 is 2.04 bits per heavy atom. The van der Waals surface area contributed by atoms with E-state index in [0.717, 1.165) is 13.0 Å². The highest BCUT2D eigenvalue weighted by Crippen LogP contribution is 2.09. The number of carbonyl (C=O) groups is 1. The number of amides is 1. The summed E-state index contributed by atoms with van der Waals surface area (Å²) < 4.78 is 7.25. The quantitative estimate of drug-likeness (QED) is 0.749. The molecule has 0 aliphatic rings. The Balaban J connectivity index is 1.59. The smallest absolute Gasteiger partial charge is 0.289 e. The number of nitrogens with one attached hydrogen (secondary N) is 1. The number of hydrogen-bond donors (Lipinski definition) is 1. The summed E-state index contributed by atoms with van der Waals surface area (Å²) in [7, 11) is 0. The number of aryl methyl sites for hydroxylation is 4. The van der Waals surface area contributed by atoms with Gasteiger partial charge in [0.1, 0.15) is 6.33 Å². The minimum absolute atomic E-state index is 0.239. The molecule has 0 spiro atoms. The Kier molecular flexibility index (Phi) is 4.69. The van der Waals surface area contributed by atoms with Crippen molar-refractivity contribution >= 4 is 5.91 Å². The van der Waals surface area contributed by atoms with Crippen LogP contribution in [-0.2, 0) is 19.5 Å². The first-order valence-electron chi connectivity index (χ1n) is 7.76. The molecule has 0 bridgehead atoms. The lowest BCUT2D eigenvalue weighted by atomic mass is 10.1. The molecule has 1 N–H and O–H groups in total. The van der Waals surface area contributed by atoms with Crippen molar-refractivity contribution in [3.63, 3.8) is 0 Å². The number of aromatic nitrogens is 4. The van der Waals surface area contributed by atoms with E-state index in [0.29, 0.717) is 17.4 Å². The van der Waals surface area contributed by atoms with Gasteiger partial charge < -0.3 is 14.3 Å². The summed E-state index contributed by atoms with van der Waals surface area (Å²) in [6.45, 7) is 4.49. The van der Waals surface area contributed by atoms with E-state index in [1.165, 1.54) is 5.56 Å². The van der Waals surface area contributed by atoms with Crippen LogP contribution in [0, 0.1) is 13.8 Å². The fourth-order valence-electron chi connectivity index (χ4n) is 2.48. The van der Waals surface area contributed by atoms with Crippen LogP contribution in [0.3, 0.4) is 0 Å². The van der Waals surface area contributed by atoms with Crippen molar-refractivity contribution in [2.75, 3.05) is 0 Å². The molecular formula is C17H19N5O2. The molecule has 3 aromatic rings. The largest absolute Gasteiger partial charge is 0.436 e. The molecule has 7 nitrogen and oxygen atoms in total. The van der Waals surface area contributed by atoms with E-state index in [1.54, 1.807) is 20.2 Å². The second kappa shape index (κ2) is 7.08. The maximum atomic E-state index is 12.2. The number of hydrogen-bond acceptors (Lipinski definition) is 5. The van der Waals surface area contributed by atoms with Crippen LogP contribution in [-0.4, -0.2) is 25.7 Å². The zero-order valence-corrected chi connectivity index (χ0v) is 13.7. The molecule has 3 rings (SSSR count). The van der Waals surface area contributed by atoms with Crippen LogP contribution >= 0.6 is 0 Å². The van der Waals surface area contributed by atoms with Crippen molar-refractivity contribution in [1.29, 1.82) is 0 Å². The number of nitrogens with zero attached hydrogens (tertiary/aromatic N) is 4. The highest BCUT2D eigenvalue weighted by Gasteiger charge is 2.16. The molecule has 1 amide bonds. The highest BCUT2D eigenvalue weighted by molar-refractivity contribution is 5.92. The van der Waals surface area contributed by atoms with Crippen molar-refractivity contribution in [2.24, 2.45) is 0 Å². The van der Waals surface area contributed by atoms with Gasteiger partial charge in [-0.2, -0.15) is 0 Å². The Hall–Kier alpha value is -2.96. The van der Waals surface area contributed by atoms with Gasteiger partial charge in [0.25, 0.3) is 5.91 Å². The van der Waals surface area contributed by atoms with Gasteiger partial charge in [0.05, 0.1) is 12.2 Å². The summed E-state index contributed by atoms with van der Waals surface area (Å²) in [5.41, 5.74) is 1.82. The molecule has 7 heteroatoms. The van der Waals surface area contributed by atoms with Gasteiger partial charge in [-0.3, -0.25) is 4.79 Å². The van der Waals surface area contributed by atoms with E-state index < -0.39 is 0 Å². The summed E-state index contributed by atoms with van der Waals surface area (Å²) in [5, 5.41) is 10.8. The molecule has 2 heterocycles. The third-order valence-corrected chi connectivity index (χ3v) is 3.70. The fraction of sp³-hybridized carbons (Fsp3) is 0.294.